The third kappa shape index (κ3) is 4.65. The zero-order valence-electron chi connectivity index (χ0n) is 15.2. The van der Waals surface area contributed by atoms with E-state index in [9.17, 15) is 4.79 Å². The van der Waals surface area contributed by atoms with Gasteiger partial charge in [0, 0.05) is 23.2 Å². The number of carbonyl (C=O) groups excluding carboxylic acids is 1. The van der Waals surface area contributed by atoms with Crippen LogP contribution in [0.1, 0.15) is 32.6 Å². The molecular formula is C19H23ClN4O2S. The summed E-state index contributed by atoms with van der Waals surface area (Å²) in [6.45, 7) is 3.39. The van der Waals surface area contributed by atoms with Gasteiger partial charge in [0.25, 0.3) is 0 Å². The number of hydrogen-bond donors (Lipinski definition) is 1. The van der Waals surface area contributed by atoms with Crippen molar-refractivity contribution in [3.05, 3.63) is 29.3 Å². The summed E-state index contributed by atoms with van der Waals surface area (Å²) in [5.41, 5.74) is 0.951. The number of carbonyl (C=O) groups is 1. The van der Waals surface area contributed by atoms with Gasteiger partial charge < -0.3 is 10.1 Å². The lowest BCUT2D eigenvalue weighted by Gasteiger charge is -2.16. The fourth-order valence-corrected chi connectivity index (χ4v) is 4.10. The fraction of sp³-hybridized carbons (Fsp3) is 0.526. The van der Waals surface area contributed by atoms with E-state index >= 15 is 0 Å². The molecule has 2 atom stereocenters. The van der Waals surface area contributed by atoms with E-state index in [1.54, 1.807) is 0 Å². The lowest BCUT2D eigenvalue weighted by molar-refractivity contribution is -0.120. The molecule has 2 aliphatic rings. The van der Waals surface area contributed by atoms with Crippen molar-refractivity contribution >= 4 is 29.3 Å². The number of halogens is 1. The van der Waals surface area contributed by atoms with Gasteiger partial charge in [-0.2, -0.15) is 0 Å². The molecule has 2 fully saturated rings. The summed E-state index contributed by atoms with van der Waals surface area (Å²) in [5, 5.41) is 13.0. The minimum absolute atomic E-state index is 0.0576. The summed E-state index contributed by atoms with van der Waals surface area (Å²) < 4.78 is 7.89. The number of hydrogen-bond acceptors (Lipinski definition) is 5. The maximum atomic E-state index is 12.3. The number of benzene rings is 1. The Morgan fingerprint density at radius 2 is 2.11 bits per heavy atom. The molecule has 1 aliphatic heterocycles. The number of rotatable bonds is 7. The van der Waals surface area contributed by atoms with Crippen LogP contribution >= 0.6 is 23.4 Å². The number of thioether (sulfide) groups is 1. The van der Waals surface area contributed by atoms with Gasteiger partial charge in [0.15, 0.2) is 11.0 Å². The van der Waals surface area contributed by atoms with Crippen LogP contribution in [0.3, 0.4) is 0 Å². The van der Waals surface area contributed by atoms with Crippen LogP contribution < -0.4 is 5.32 Å². The first-order valence-electron chi connectivity index (χ1n) is 9.38. The Bertz CT molecular complexity index is 801. The van der Waals surface area contributed by atoms with Crippen LogP contribution in [-0.4, -0.2) is 44.7 Å². The van der Waals surface area contributed by atoms with Crippen LogP contribution in [0.4, 0.5) is 0 Å². The van der Waals surface area contributed by atoms with E-state index in [-0.39, 0.29) is 17.3 Å². The Balaban J connectivity index is 1.57. The molecule has 0 radical (unpaired) electrons. The van der Waals surface area contributed by atoms with Gasteiger partial charge in [-0.1, -0.05) is 23.4 Å². The molecule has 6 nitrogen and oxygen atoms in total. The second-order valence-electron chi connectivity index (χ2n) is 7.10. The molecule has 144 valence electrons. The van der Waals surface area contributed by atoms with E-state index in [2.05, 4.69) is 20.1 Å². The molecule has 1 aromatic carbocycles. The van der Waals surface area contributed by atoms with Crippen LogP contribution in [0.5, 0.6) is 0 Å². The monoisotopic (exact) mass is 406 g/mol. The molecule has 0 bridgehead atoms. The van der Waals surface area contributed by atoms with Gasteiger partial charge in [-0.15, -0.1) is 10.2 Å². The number of nitrogens with one attached hydrogen (secondary N) is 1. The summed E-state index contributed by atoms with van der Waals surface area (Å²) in [6.07, 6.45) is 4.42. The molecule has 1 aliphatic carbocycles. The van der Waals surface area contributed by atoms with Crippen molar-refractivity contribution in [3.8, 4) is 11.4 Å². The van der Waals surface area contributed by atoms with E-state index in [1.165, 1.54) is 11.8 Å². The quantitative estimate of drug-likeness (QED) is 0.712. The third-order valence-corrected chi connectivity index (χ3v) is 6.14. The van der Waals surface area contributed by atoms with Gasteiger partial charge in [0.1, 0.15) is 0 Å². The first kappa shape index (κ1) is 18.8. The van der Waals surface area contributed by atoms with E-state index < -0.39 is 0 Å². The molecule has 0 unspecified atom stereocenters. The Hall–Kier alpha value is -1.57. The SMILES string of the molecule is C[C@H](Sc1nnc(-c2ccc(Cl)cc2)n1C[C@@H]1CCCO1)C(=O)NC1CC1. The second-order valence-corrected chi connectivity index (χ2v) is 8.85. The minimum atomic E-state index is -0.226. The van der Waals surface area contributed by atoms with Crippen molar-refractivity contribution in [2.45, 2.75) is 61.7 Å². The number of amides is 1. The lowest BCUT2D eigenvalue weighted by Crippen LogP contribution is -2.32. The number of nitrogens with zero attached hydrogens (tertiary/aromatic N) is 3. The molecule has 1 aromatic heterocycles. The maximum Gasteiger partial charge on any atom is 0.233 e. The molecule has 2 heterocycles. The Morgan fingerprint density at radius 3 is 2.78 bits per heavy atom. The van der Waals surface area contributed by atoms with E-state index in [0.29, 0.717) is 17.6 Å². The largest absolute Gasteiger partial charge is 0.376 e. The molecule has 2 aromatic rings. The highest BCUT2D eigenvalue weighted by Crippen LogP contribution is 2.30. The fourth-order valence-electron chi connectivity index (χ4n) is 3.10. The summed E-state index contributed by atoms with van der Waals surface area (Å²) in [7, 11) is 0. The van der Waals surface area contributed by atoms with Gasteiger partial charge in [0.2, 0.25) is 5.91 Å². The van der Waals surface area contributed by atoms with E-state index in [1.807, 2.05) is 31.2 Å². The average molecular weight is 407 g/mol. The third-order valence-electron chi connectivity index (χ3n) is 4.80. The van der Waals surface area contributed by atoms with E-state index in [4.69, 9.17) is 16.3 Å². The second kappa shape index (κ2) is 8.20. The summed E-state index contributed by atoms with van der Waals surface area (Å²) in [5.74, 6) is 0.835. The zero-order valence-corrected chi connectivity index (χ0v) is 16.8. The Kier molecular flexibility index (Phi) is 5.71. The minimum Gasteiger partial charge on any atom is -0.376 e. The molecule has 1 saturated carbocycles. The van der Waals surface area contributed by atoms with Crippen LogP contribution in [0.15, 0.2) is 29.4 Å². The summed E-state index contributed by atoms with van der Waals surface area (Å²) >= 11 is 7.47. The standard InChI is InChI=1S/C19H23ClN4O2S/c1-12(18(25)21-15-8-9-15)27-19-23-22-17(13-4-6-14(20)7-5-13)24(19)11-16-3-2-10-26-16/h4-7,12,15-16H,2-3,8-11H2,1H3,(H,21,25)/t12-,16-/m0/s1. The van der Waals surface area contributed by atoms with Crippen molar-refractivity contribution in [3.63, 3.8) is 0 Å². The molecule has 4 rings (SSSR count). The van der Waals surface area contributed by atoms with Gasteiger partial charge in [-0.25, -0.2) is 0 Å². The first-order valence-corrected chi connectivity index (χ1v) is 10.6. The molecule has 0 spiro atoms. The summed E-state index contributed by atoms with van der Waals surface area (Å²) in [6, 6.07) is 7.93. The highest BCUT2D eigenvalue weighted by molar-refractivity contribution is 8.00. The zero-order chi connectivity index (χ0) is 18.8. The molecule has 1 saturated heterocycles. The van der Waals surface area contributed by atoms with Crippen LogP contribution in [0.25, 0.3) is 11.4 Å². The highest BCUT2D eigenvalue weighted by Gasteiger charge is 2.28. The predicted molar refractivity (Wildman–Crippen MR) is 106 cm³/mol. The topological polar surface area (TPSA) is 69.0 Å². The Labute approximate surface area is 168 Å². The molecular weight excluding hydrogens is 384 g/mol. The summed E-state index contributed by atoms with van der Waals surface area (Å²) in [4.78, 5) is 12.3. The lowest BCUT2D eigenvalue weighted by atomic mass is 10.2. The highest BCUT2D eigenvalue weighted by atomic mass is 35.5. The van der Waals surface area contributed by atoms with Crippen molar-refractivity contribution in [2.24, 2.45) is 0 Å². The van der Waals surface area contributed by atoms with E-state index in [0.717, 1.165) is 48.8 Å². The van der Waals surface area contributed by atoms with Crippen molar-refractivity contribution in [1.29, 1.82) is 0 Å². The average Bonchev–Trinajstić information content (AvgIpc) is 3.16. The Morgan fingerprint density at radius 1 is 1.33 bits per heavy atom. The predicted octanol–water partition coefficient (Wildman–Crippen LogP) is 3.54. The van der Waals surface area contributed by atoms with Gasteiger partial charge >= 0.3 is 0 Å². The van der Waals surface area contributed by atoms with Crippen LogP contribution in [-0.2, 0) is 16.1 Å². The number of ether oxygens (including phenoxy) is 1. The smallest absolute Gasteiger partial charge is 0.233 e. The normalized spacial score (nSPS) is 20.6. The molecule has 8 heteroatoms. The van der Waals surface area contributed by atoms with Gasteiger partial charge in [-0.3, -0.25) is 9.36 Å². The molecule has 1 N–H and O–H groups in total. The molecule has 27 heavy (non-hydrogen) atoms. The van der Waals surface area contributed by atoms with Crippen LogP contribution in [0, 0.1) is 0 Å². The van der Waals surface area contributed by atoms with Gasteiger partial charge in [0.05, 0.1) is 17.9 Å². The first-order chi connectivity index (χ1) is 13.1. The van der Waals surface area contributed by atoms with Crippen molar-refractivity contribution in [2.75, 3.05) is 6.61 Å². The maximum absolute atomic E-state index is 12.3. The van der Waals surface area contributed by atoms with Crippen LogP contribution in [0.2, 0.25) is 5.02 Å². The molecule has 1 amide bonds. The van der Waals surface area contributed by atoms with Gasteiger partial charge in [-0.05, 0) is 56.9 Å². The van der Waals surface area contributed by atoms with Crippen molar-refractivity contribution in [1.82, 2.24) is 20.1 Å². The van der Waals surface area contributed by atoms with Crippen molar-refractivity contribution < 1.29 is 9.53 Å². The number of aromatic nitrogens is 3.